The third-order valence-electron chi connectivity index (χ3n) is 7.64. The zero-order chi connectivity index (χ0) is 23.0. The Morgan fingerprint density at radius 1 is 1.15 bits per heavy atom. The fourth-order valence-electron chi connectivity index (χ4n) is 5.65. The first-order chi connectivity index (χ1) is 16.1. The number of thiazole rings is 1. The number of hydrogen-bond donors (Lipinski definition) is 2. The highest BCUT2D eigenvalue weighted by Gasteiger charge is 2.27. The third kappa shape index (κ3) is 6.91. The largest absolute Gasteiger partial charge is 0.375 e. The fraction of sp³-hybridized carbons (Fsp3) is 0.607. The van der Waals surface area contributed by atoms with Crippen LogP contribution in [0.25, 0.3) is 6.08 Å². The van der Waals surface area contributed by atoms with Crippen molar-refractivity contribution in [1.29, 1.82) is 0 Å². The van der Waals surface area contributed by atoms with Crippen LogP contribution in [0.2, 0.25) is 0 Å². The zero-order valence-corrected chi connectivity index (χ0v) is 21.4. The van der Waals surface area contributed by atoms with E-state index in [0.717, 1.165) is 30.4 Å². The van der Waals surface area contributed by atoms with E-state index in [0.29, 0.717) is 12.1 Å². The molecule has 5 heteroatoms. The number of rotatable bonds is 10. The lowest BCUT2D eigenvalue weighted by Crippen LogP contribution is -2.41. The fourth-order valence-corrected chi connectivity index (χ4v) is 6.60. The van der Waals surface area contributed by atoms with Gasteiger partial charge in [0.05, 0.1) is 5.69 Å². The number of nitrogens with two attached hydrogens (primary N) is 1. The molecular formula is C28H42N4S. The van der Waals surface area contributed by atoms with E-state index in [4.69, 9.17) is 5.73 Å². The van der Waals surface area contributed by atoms with Gasteiger partial charge in [-0.3, -0.25) is 0 Å². The lowest BCUT2D eigenvalue weighted by Gasteiger charge is -2.36. The SMILES string of the molecule is CCCN(CCC1CCC(NCC=Cc2ccccc2C)CC1)C1CCc2nc(N)sc2C1. The summed E-state index contributed by atoms with van der Waals surface area (Å²) in [5.41, 5.74) is 9.90. The Bertz CT molecular complexity index is 897. The van der Waals surface area contributed by atoms with Crippen molar-refractivity contribution in [3.05, 3.63) is 52.0 Å². The molecule has 1 saturated carbocycles. The summed E-state index contributed by atoms with van der Waals surface area (Å²) in [5, 5.41) is 4.52. The molecular weight excluding hydrogens is 424 g/mol. The molecule has 1 atom stereocenters. The van der Waals surface area contributed by atoms with Crippen molar-refractivity contribution in [2.75, 3.05) is 25.4 Å². The Labute approximate surface area is 204 Å². The number of hydrogen-bond acceptors (Lipinski definition) is 5. The Kier molecular flexibility index (Phi) is 8.99. The number of aryl methyl sites for hydroxylation is 2. The van der Waals surface area contributed by atoms with E-state index in [1.165, 1.54) is 79.7 Å². The minimum atomic E-state index is 0.676. The van der Waals surface area contributed by atoms with Gasteiger partial charge in [-0.2, -0.15) is 0 Å². The van der Waals surface area contributed by atoms with E-state index in [2.05, 4.69) is 65.5 Å². The van der Waals surface area contributed by atoms with Crippen LogP contribution in [0.3, 0.4) is 0 Å². The number of nitrogen functional groups attached to an aromatic ring is 1. The highest BCUT2D eigenvalue weighted by Crippen LogP contribution is 2.32. The quantitative estimate of drug-likeness (QED) is 0.461. The molecule has 0 aliphatic heterocycles. The maximum atomic E-state index is 5.96. The molecule has 0 amide bonds. The summed E-state index contributed by atoms with van der Waals surface area (Å²) >= 11 is 1.71. The average molecular weight is 467 g/mol. The van der Waals surface area contributed by atoms with E-state index in [-0.39, 0.29) is 0 Å². The second kappa shape index (κ2) is 12.1. The predicted octanol–water partition coefficient (Wildman–Crippen LogP) is 5.85. The van der Waals surface area contributed by atoms with Crippen molar-refractivity contribution in [3.63, 3.8) is 0 Å². The van der Waals surface area contributed by atoms with Gasteiger partial charge in [0.2, 0.25) is 0 Å². The summed E-state index contributed by atoms with van der Waals surface area (Å²) in [6.07, 6.45) is 16.0. The number of aromatic nitrogens is 1. The first-order valence-electron chi connectivity index (χ1n) is 13.1. The van der Waals surface area contributed by atoms with Crippen LogP contribution < -0.4 is 11.1 Å². The number of nitrogens with one attached hydrogen (secondary N) is 1. The standard InChI is InChI=1S/C28H42N4S/c1-3-18-32(25-14-15-26-27(20-25)33-28(29)31-26)19-16-22-10-12-24(13-11-22)30-17-6-9-23-8-5-4-7-21(23)2/h4-9,22,24-25,30H,3,10-20H2,1-2H3,(H2,29,31). The molecule has 0 spiro atoms. The minimum absolute atomic E-state index is 0.676. The maximum Gasteiger partial charge on any atom is 0.180 e. The van der Waals surface area contributed by atoms with Crippen molar-refractivity contribution >= 4 is 22.5 Å². The van der Waals surface area contributed by atoms with Gasteiger partial charge >= 0.3 is 0 Å². The second-order valence-corrected chi connectivity index (χ2v) is 11.1. The van der Waals surface area contributed by atoms with Crippen molar-refractivity contribution in [2.24, 2.45) is 5.92 Å². The Hall–Kier alpha value is -1.69. The van der Waals surface area contributed by atoms with Gasteiger partial charge in [0, 0.05) is 23.5 Å². The summed E-state index contributed by atoms with van der Waals surface area (Å²) in [7, 11) is 0. The average Bonchev–Trinajstić information content (AvgIpc) is 3.20. The van der Waals surface area contributed by atoms with Crippen LogP contribution in [0.4, 0.5) is 5.13 Å². The molecule has 1 aromatic carbocycles. The molecule has 2 aromatic rings. The molecule has 33 heavy (non-hydrogen) atoms. The Morgan fingerprint density at radius 3 is 2.76 bits per heavy atom. The lowest BCUT2D eigenvalue weighted by atomic mass is 9.83. The number of anilines is 1. The van der Waals surface area contributed by atoms with Crippen LogP contribution in [0, 0.1) is 12.8 Å². The summed E-state index contributed by atoms with van der Waals surface area (Å²) in [6.45, 7) is 7.94. The van der Waals surface area contributed by atoms with Gasteiger partial charge in [-0.05, 0) is 94.8 Å². The number of nitrogens with zero attached hydrogens (tertiary/aromatic N) is 2. The van der Waals surface area contributed by atoms with Crippen molar-refractivity contribution in [3.8, 4) is 0 Å². The molecule has 0 radical (unpaired) electrons. The van der Waals surface area contributed by atoms with Gasteiger partial charge in [-0.15, -0.1) is 11.3 Å². The minimum Gasteiger partial charge on any atom is -0.375 e. The molecule has 2 aliphatic rings. The van der Waals surface area contributed by atoms with Gasteiger partial charge in [-0.25, -0.2) is 4.98 Å². The predicted molar refractivity (Wildman–Crippen MR) is 143 cm³/mol. The Balaban J connectivity index is 1.17. The van der Waals surface area contributed by atoms with Crippen LogP contribution in [0.5, 0.6) is 0 Å². The molecule has 1 fully saturated rings. The first kappa shape index (κ1) is 24.4. The van der Waals surface area contributed by atoms with Crippen molar-refractivity contribution < 1.29 is 0 Å². The molecule has 4 rings (SSSR count). The molecule has 4 nitrogen and oxygen atoms in total. The van der Waals surface area contributed by atoms with Gasteiger partial charge in [0.15, 0.2) is 5.13 Å². The highest BCUT2D eigenvalue weighted by atomic mass is 32.1. The zero-order valence-electron chi connectivity index (χ0n) is 20.6. The molecule has 1 aromatic heterocycles. The molecule has 2 aliphatic carbocycles. The summed E-state index contributed by atoms with van der Waals surface area (Å²) in [5.74, 6) is 0.892. The van der Waals surface area contributed by atoms with Crippen LogP contribution in [0.1, 0.15) is 73.6 Å². The van der Waals surface area contributed by atoms with Gasteiger partial charge < -0.3 is 16.0 Å². The van der Waals surface area contributed by atoms with Crippen LogP contribution in [-0.2, 0) is 12.8 Å². The maximum absolute atomic E-state index is 5.96. The van der Waals surface area contributed by atoms with Crippen LogP contribution in [0.15, 0.2) is 30.3 Å². The van der Waals surface area contributed by atoms with Gasteiger partial charge in [0.1, 0.15) is 0 Å². The van der Waals surface area contributed by atoms with Crippen LogP contribution in [-0.4, -0.2) is 41.6 Å². The van der Waals surface area contributed by atoms with Crippen molar-refractivity contribution in [2.45, 2.75) is 83.7 Å². The molecule has 3 N–H and O–H groups in total. The number of fused-ring (bicyclic) bond motifs is 1. The summed E-state index contributed by atoms with van der Waals surface area (Å²) in [6, 6.07) is 9.95. The molecule has 1 heterocycles. The molecule has 1 unspecified atom stereocenters. The van der Waals surface area contributed by atoms with Crippen molar-refractivity contribution in [1.82, 2.24) is 15.2 Å². The molecule has 180 valence electrons. The van der Waals surface area contributed by atoms with E-state index in [1.54, 1.807) is 11.3 Å². The monoisotopic (exact) mass is 466 g/mol. The Morgan fingerprint density at radius 2 is 1.97 bits per heavy atom. The van der Waals surface area contributed by atoms with Crippen LogP contribution >= 0.6 is 11.3 Å². The van der Waals surface area contributed by atoms with E-state index in [1.807, 2.05) is 0 Å². The van der Waals surface area contributed by atoms with E-state index < -0.39 is 0 Å². The third-order valence-corrected chi connectivity index (χ3v) is 8.59. The smallest absolute Gasteiger partial charge is 0.180 e. The van der Waals surface area contributed by atoms with Gasteiger partial charge in [-0.1, -0.05) is 43.3 Å². The molecule has 0 bridgehead atoms. The van der Waals surface area contributed by atoms with Gasteiger partial charge in [0.25, 0.3) is 0 Å². The van der Waals surface area contributed by atoms with E-state index >= 15 is 0 Å². The second-order valence-electron chi connectivity index (χ2n) is 10.0. The molecule has 0 saturated heterocycles. The topological polar surface area (TPSA) is 54.2 Å². The lowest BCUT2D eigenvalue weighted by molar-refractivity contribution is 0.158. The summed E-state index contributed by atoms with van der Waals surface area (Å²) in [4.78, 5) is 8.75. The highest BCUT2D eigenvalue weighted by molar-refractivity contribution is 7.15. The van der Waals surface area contributed by atoms with E-state index in [9.17, 15) is 0 Å². The number of benzene rings is 1. The first-order valence-corrected chi connectivity index (χ1v) is 13.9. The normalized spacial score (nSPS) is 23.3. The summed E-state index contributed by atoms with van der Waals surface area (Å²) < 4.78 is 0.